The number of methoxy groups -OCH3 is 1. The van der Waals surface area contributed by atoms with Gasteiger partial charge in [0.05, 0.1) is 24.9 Å². The maximum absolute atomic E-state index is 5.82. The van der Waals surface area contributed by atoms with Gasteiger partial charge in [-0.25, -0.2) is 9.97 Å². The van der Waals surface area contributed by atoms with E-state index in [2.05, 4.69) is 16.0 Å². The second-order valence-electron chi connectivity index (χ2n) is 6.24. The molecule has 0 spiro atoms. The fraction of sp³-hybridized carbons (Fsp3) is 0.333. The van der Waals surface area contributed by atoms with Gasteiger partial charge < -0.3 is 15.2 Å². The summed E-state index contributed by atoms with van der Waals surface area (Å²) in [6.07, 6.45) is 5.30. The van der Waals surface area contributed by atoms with Gasteiger partial charge in [0, 0.05) is 11.5 Å². The first-order chi connectivity index (χ1) is 12.8. The van der Waals surface area contributed by atoms with Crippen LogP contribution in [0.2, 0.25) is 0 Å². The Morgan fingerprint density at radius 1 is 0.885 bits per heavy atom. The van der Waals surface area contributed by atoms with Gasteiger partial charge in [-0.15, -0.1) is 0 Å². The Hall–Kier alpha value is -2.82. The van der Waals surface area contributed by atoms with Gasteiger partial charge in [-0.05, 0) is 37.5 Å². The Labute approximate surface area is 154 Å². The van der Waals surface area contributed by atoms with Crippen molar-refractivity contribution in [1.29, 1.82) is 0 Å². The van der Waals surface area contributed by atoms with Crippen LogP contribution in [0.1, 0.15) is 31.4 Å². The van der Waals surface area contributed by atoms with Crippen LogP contribution in [-0.2, 0) is 6.42 Å². The number of hydrogen-bond donors (Lipinski definition) is 1. The van der Waals surface area contributed by atoms with Gasteiger partial charge in [0.25, 0.3) is 0 Å². The van der Waals surface area contributed by atoms with E-state index in [1.54, 1.807) is 7.11 Å². The number of hydrogen-bond acceptors (Lipinski definition) is 5. The summed E-state index contributed by atoms with van der Waals surface area (Å²) in [4.78, 5) is 8.71. The number of aryl methyl sites for hydroxylation is 1. The molecule has 1 aromatic heterocycles. The smallest absolute Gasteiger partial charge is 0.220 e. The second-order valence-corrected chi connectivity index (χ2v) is 6.24. The van der Waals surface area contributed by atoms with Crippen LogP contribution in [0.25, 0.3) is 10.9 Å². The van der Waals surface area contributed by atoms with Gasteiger partial charge in [-0.2, -0.15) is 0 Å². The number of benzene rings is 2. The molecule has 0 unspecified atom stereocenters. The molecule has 136 valence electrons. The van der Waals surface area contributed by atoms with Crippen molar-refractivity contribution < 1.29 is 9.47 Å². The van der Waals surface area contributed by atoms with Gasteiger partial charge in [0.2, 0.25) is 5.95 Å². The summed E-state index contributed by atoms with van der Waals surface area (Å²) in [5.41, 5.74) is 7.78. The van der Waals surface area contributed by atoms with E-state index < -0.39 is 0 Å². The summed E-state index contributed by atoms with van der Waals surface area (Å²) in [5.74, 6) is 2.02. The third kappa shape index (κ3) is 4.85. The molecule has 0 aliphatic heterocycles. The van der Waals surface area contributed by atoms with Crippen molar-refractivity contribution in [2.24, 2.45) is 0 Å². The normalized spacial score (nSPS) is 10.8. The fourth-order valence-electron chi connectivity index (χ4n) is 2.98. The first kappa shape index (κ1) is 18.0. The zero-order valence-electron chi connectivity index (χ0n) is 15.1. The summed E-state index contributed by atoms with van der Waals surface area (Å²) >= 11 is 0. The lowest BCUT2D eigenvalue weighted by Gasteiger charge is -2.08. The van der Waals surface area contributed by atoms with Gasteiger partial charge in [0.15, 0.2) is 0 Å². The van der Waals surface area contributed by atoms with Crippen LogP contribution < -0.4 is 15.2 Å². The maximum Gasteiger partial charge on any atom is 0.220 e. The SMILES string of the molecule is COc1cccc(OCCCCCCc2nc(N)nc3ccccc23)c1. The summed E-state index contributed by atoms with van der Waals surface area (Å²) < 4.78 is 11.0. The molecule has 1 heterocycles. The molecular weight excluding hydrogens is 326 g/mol. The number of nitrogens with zero attached hydrogens (tertiary/aromatic N) is 2. The minimum atomic E-state index is 0.352. The van der Waals surface area contributed by atoms with Gasteiger partial charge in [-0.3, -0.25) is 0 Å². The minimum absolute atomic E-state index is 0.352. The molecule has 2 aromatic carbocycles. The number of ether oxygens (including phenoxy) is 2. The van der Waals surface area contributed by atoms with Gasteiger partial charge in [-0.1, -0.05) is 37.1 Å². The van der Waals surface area contributed by atoms with E-state index in [1.807, 2.05) is 42.5 Å². The quantitative estimate of drug-likeness (QED) is 0.579. The fourth-order valence-corrected chi connectivity index (χ4v) is 2.98. The van der Waals surface area contributed by atoms with E-state index in [4.69, 9.17) is 15.2 Å². The van der Waals surface area contributed by atoms with Crippen LogP contribution in [0.4, 0.5) is 5.95 Å². The Morgan fingerprint density at radius 3 is 2.58 bits per heavy atom. The van der Waals surface area contributed by atoms with Crippen molar-refractivity contribution in [3.63, 3.8) is 0 Å². The standard InChI is InChI=1S/C21H25N3O2/c1-25-16-9-8-10-17(15-16)26-14-7-3-2-4-12-19-18-11-5-6-13-20(18)24-21(22)23-19/h5-6,8-11,13,15H,2-4,7,12,14H2,1H3,(H2,22,23,24). The van der Waals surface area contributed by atoms with Gasteiger partial charge in [0.1, 0.15) is 11.5 Å². The zero-order valence-corrected chi connectivity index (χ0v) is 15.1. The number of fused-ring (bicyclic) bond motifs is 1. The van der Waals surface area contributed by atoms with Gasteiger partial charge >= 0.3 is 0 Å². The molecule has 0 aliphatic rings. The van der Waals surface area contributed by atoms with Crippen molar-refractivity contribution in [2.45, 2.75) is 32.1 Å². The number of nitrogens with two attached hydrogens (primary N) is 1. The lowest BCUT2D eigenvalue weighted by Crippen LogP contribution is -2.01. The highest BCUT2D eigenvalue weighted by molar-refractivity contribution is 5.81. The predicted molar refractivity (Wildman–Crippen MR) is 105 cm³/mol. The molecule has 0 fully saturated rings. The number of rotatable bonds is 9. The largest absolute Gasteiger partial charge is 0.497 e. The van der Waals surface area contributed by atoms with E-state index in [-0.39, 0.29) is 0 Å². The molecule has 0 aliphatic carbocycles. The number of para-hydroxylation sites is 1. The zero-order chi connectivity index (χ0) is 18.2. The molecule has 0 atom stereocenters. The van der Waals surface area contributed by atoms with Crippen LogP contribution in [0.15, 0.2) is 48.5 Å². The lowest BCUT2D eigenvalue weighted by molar-refractivity contribution is 0.302. The monoisotopic (exact) mass is 351 g/mol. The third-order valence-electron chi connectivity index (χ3n) is 4.32. The van der Waals surface area contributed by atoms with Crippen molar-refractivity contribution in [2.75, 3.05) is 19.5 Å². The van der Waals surface area contributed by atoms with Crippen molar-refractivity contribution in [3.05, 3.63) is 54.2 Å². The number of anilines is 1. The van der Waals surface area contributed by atoms with Crippen molar-refractivity contribution in [1.82, 2.24) is 9.97 Å². The summed E-state index contributed by atoms with van der Waals surface area (Å²) in [6, 6.07) is 15.7. The van der Waals surface area contributed by atoms with Crippen LogP contribution in [-0.4, -0.2) is 23.7 Å². The third-order valence-corrected chi connectivity index (χ3v) is 4.32. The molecule has 26 heavy (non-hydrogen) atoms. The molecule has 0 radical (unpaired) electrons. The highest BCUT2D eigenvalue weighted by atomic mass is 16.5. The lowest BCUT2D eigenvalue weighted by atomic mass is 10.1. The van der Waals surface area contributed by atoms with Crippen molar-refractivity contribution in [3.8, 4) is 11.5 Å². The van der Waals surface area contributed by atoms with Crippen LogP contribution in [0, 0.1) is 0 Å². The van der Waals surface area contributed by atoms with E-state index in [9.17, 15) is 0 Å². The Balaban J connectivity index is 1.39. The topological polar surface area (TPSA) is 70.3 Å². The van der Waals surface area contributed by atoms with Crippen LogP contribution >= 0.6 is 0 Å². The molecule has 0 saturated carbocycles. The first-order valence-electron chi connectivity index (χ1n) is 9.04. The molecular formula is C21H25N3O2. The highest BCUT2D eigenvalue weighted by Gasteiger charge is 2.05. The average molecular weight is 351 g/mol. The second kappa shape index (κ2) is 9.04. The van der Waals surface area contributed by atoms with E-state index >= 15 is 0 Å². The molecule has 0 amide bonds. The average Bonchev–Trinajstić information content (AvgIpc) is 2.67. The number of aromatic nitrogens is 2. The van der Waals surface area contributed by atoms with E-state index in [0.29, 0.717) is 5.95 Å². The first-order valence-corrected chi connectivity index (χ1v) is 9.04. The van der Waals surface area contributed by atoms with E-state index in [0.717, 1.165) is 66.8 Å². The summed E-state index contributed by atoms with van der Waals surface area (Å²) in [5, 5.41) is 1.10. The highest BCUT2D eigenvalue weighted by Crippen LogP contribution is 2.20. The minimum Gasteiger partial charge on any atom is -0.497 e. The summed E-state index contributed by atoms with van der Waals surface area (Å²) in [7, 11) is 1.66. The summed E-state index contributed by atoms with van der Waals surface area (Å²) in [6.45, 7) is 0.719. The molecule has 5 heteroatoms. The molecule has 0 bridgehead atoms. The van der Waals surface area contributed by atoms with Crippen LogP contribution in [0.5, 0.6) is 11.5 Å². The number of nitrogen functional groups attached to an aromatic ring is 1. The Morgan fingerprint density at radius 2 is 1.69 bits per heavy atom. The Kier molecular flexibility index (Phi) is 6.25. The maximum atomic E-state index is 5.82. The number of unbranched alkanes of at least 4 members (excludes halogenated alkanes) is 3. The molecule has 3 aromatic rings. The molecule has 0 saturated heterocycles. The molecule has 3 rings (SSSR count). The molecule has 5 nitrogen and oxygen atoms in total. The predicted octanol–water partition coefficient (Wildman–Crippen LogP) is 4.40. The van der Waals surface area contributed by atoms with E-state index in [1.165, 1.54) is 0 Å². The molecule has 2 N–H and O–H groups in total. The Bertz CT molecular complexity index is 852. The van der Waals surface area contributed by atoms with Crippen LogP contribution in [0.3, 0.4) is 0 Å². The van der Waals surface area contributed by atoms with Crippen molar-refractivity contribution >= 4 is 16.9 Å².